The summed E-state index contributed by atoms with van der Waals surface area (Å²) in [7, 11) is -4.01. The molecule has 11 heteroatoms. The Kier molecular flexibility index (Phi) is 7.56. The van der Waals surface area contributed by atoms with Crippen LogP contribution in [0.4, 0.5) is 10.1 Å². The third-order valence-electron chi connectivity index (χ3n) is 5.83. The van der Waals surface area contributed by atoms with E-state index in [1.54, 1.807) is 35.2 Å². The number of thioether (sulfide) groups is 1. The standard InChI is InChI=1S/C24H25FN4O4S2/c1-2-17-7-9-18(10-8-17)35(32,33)21-15-26-24(27-23(21)31)34-16-22(30)29-13-11-28(12-14-29)20-6-4-3-5-19(20)25/h3-10,15H,2,11-14,16H2,1H3,(H,26,27,31). The number of aromatic amines is 1. The lowest BCUT2D eigenvalue weighted by atomic mass is 10.2. The molecule has 2 heterocycles. The highest BCUT2D eigenvalue weighted by Crippen LogP contribution is 2.22. The van der Waals surface area contributed by atoms with E-state index in [-0.39, 0.29) is 27.5 Å². The fourth-order valence-corrected chi connectivity index (χ4v) is 5.76. The van der Waals surface area contributed by atoms with Crippen LogP contribution in [-0.4, -0.2) is 61.1 Å². The molecule has 0 spiro atoms. The van der Waals surface area contributed by atoms with Gasteiger partial charge in [0.25, 0.3) is 5.56 Å². The van der Waals surface area contributed by atoms with Gasteiger partial charge in [-0.05, 0) is 36.2 Å². The van der Waals surface area contributed by atoms with Crippen LogP contribution in [0.2, 0.25) is 0 Å². The average molecular weight is 517 g/mol. The Labute approximate surface area is 207 Å². The highest BCUT2D eigenvalue weighted by atomic mass is 32.2. The molecule has 1 aromatic heterocycles. The van der Waals surface area contributed by atoms with Gasteiger partial charge in [0.05, 0.1) is 22.5 Å². The van der Waals surface area contributed by atoms with Gasteiger partial charge in [-0.3, -0.25) is 9.59 Å². The monoisotopic (exact) mass is 516 g/mol. The fraction of sp³-hybridized carbons (Fsp3) is 0.292. The van der Waals surface area contributed by atoms with Gasteiger partial charge in [-0.2, -0.15) is 0 Å². The van der Waals surface area contributed by atoms with E-state index < -0.39 is 20.3 Å². The zero-order valence-electron chi connectivity index (χ0n) is 19.1. The van der Waals surface area contributed by atoms with Crippen molar-refractivity contribution in [2.75, 3.05) is 36.8 Å². The van der Waals surface area contributed by atoms with Crippen molar-refractivity contribution in [3.05, 3.63) is 76.5 Å². The molecule has 3 aromatic rings. The maximum absolute atomic E-state index is 14.0. The topological polar surface area (TPSA) is 103 Å². The molecular formula is C24H25FN4O4S2. The highest BCUT2D eigenvalue weighted by Gasteiger charge is 2.24. The SMILES string of the molecule is CCc1ccc(S(=O)(=O)c2cnc(SCC(=O)N3CCN(c4ccccc4F)CC3)[nH]c2=O)cc1. The zero-order valence-corrected chi connectivity index (χ0v) is 20.7. The summed E-state index contributed by atoms with van der Waals surface area (Å²) in [6.07, 6.45) is 1.80. The highest BCUT2D eigenvalue weighted by molar-refractivity contribution is 7.99. The number of hydrogen-bond acceptors (Lipinski definition) is 7. The molecule has 184 valence electrons. The number of rotatable bonds is 7. The number of nitrogens with zero attached hydrogens (tertiary/aromatic N) is 3. The minimum Gasteiger partial charge on any atom is -0.366 e. The Balaban J connectivity index is 1.36. The van der Waals surface area contributed by atoms with Crippen LogP contribution >= 0.6 is 11.8 Å². The number of anilines is 1. The van der Waals surface area contributed by atoms with Crippen molar-refractivity contribution in [2.24, 2.45) is 0 Å². The number of aryl methyl sites for hydroxylation is 1. The summed E-state index contributed by atoms with van der Waals surface area (Å²) in [4.78, 5) is 34.8. The quantitative estimate of drug-likeness (QED) is 0.380. The molecule has 1 fully saturated rings. The molecule has 1 amide bonds. The number of piperazine rings is 1. The van der Waals surface area contributed by atoms with Gasteiger partial charge in [0.15, 0.2) is 10.1 Å². The second-order valence-corrected chi connectivity index (χ2v) is 10.9. The first-order valence-corrected chi connectivity index (χ1v) is 13.6. The molecule has 0 atom stereocenters. The Bertz CT molecular complexity index is 1370. The molecular weight excluding hydrogens is 491 g/mol. The van der Waals surface area contributed by atoms with E-state index in [2.05, 4.69) is 9.97 Å². The minimum absolute atomic E-state index is 0.0205. The van der Waals surface area contributed by atoms with Crippen molar-refractivity contribution in [2.45, 2.75) is 28.3 Å². The van der Waals surface area contributed by atoms with Crippen LogP contribution in [-0.2, 0) is 21.1 Å². The minimum atomic E-state index is -4.01. The summed E-state index contributed by atoms with van der Waals surface area (Å²) < 4.78 is 39.7. The fourth-order valence-electron chi connectivity index (χ4n) is 3.79. The molecule has 0 radical (unpaired) electrons. The average Bonchev–Trinajstić information content (AvgIpc) is 2.87. The summed E-state index contributed by atoms with van der Waals surface area (Å²) in [6.45, 7) is 3.89. The summed E-state index contributed by atoms with van der Waals surface area (Å²) in [6, 6.07) is 12.9. The smallest absolute Gasteiger partial charge is 0.270 e. The molecule has 4 rings (SSSR count). The molecule has 0 aliphatic carbocycles. The van der Waals surface area contributed by atoms with Crippen LogP contribution in [0.25, 0.3) is 0 Å². The second-order valence-electron chi connectivity index (χ2n) is 7.99. The van der Waals surface area contributed by atoms with Crippen LogP contribution in [0.5, 0.6) is 0 Å². The lowest BCUT2D eigenvalue weighted by Crippen LogP contribution is -2.49. The number of carbonyl (C=O) groups excluding carboxylic acids is 1. The van der Waals surface area contributed by atoms with Crippen LogP contribution in [0.15, 0.2) is 74.5 Å². The normalized spacial score (nSPS) is 14.2. The summed E-state index contributed by atoms with van der Waals surface area (Å²) in [5.41, 5.74) is 0.723. The van der Waals surface area contributed by atoms with Crippen molar-refractivity contribution in [3.8, 4) is 0 Å². The lowest BCUT2D eigenvalue weighted by Gasteiger charge is -2.36. The number of benzene rings is 2. The predicted octanol–water partition coefficient (Wildman–Crippen LogP) is 2.75. The summed E-state index contributed by atoms with van der Waals surface area (Å²) >= 11 is 1.03. The van der Waals surface area contributed by atoms with E-state index in [0.717, 1.165) is 29.9 Å². The lowest BCUT2D eigenvalue weighted by molar-refractivity contribution is -0.128. The van der Waals surface area contributed by atoms with E-state index in [4.69, 9.17) is 0 Å². The predicted molar refractivity (Wildman–Crippen MR) is 132 cm³/mol. The number of sulfone groups is 1. The first-order valence-electron chi connectivity index (χ1n) is 11.1. The molecule has 8 nitrogen and oxygen atoms in total. The molecule has 0 bridgehead atoms. The molecule has 2 aromatic carbocycles. The van der Waals surface area contributed by atoms with Gasteiger partial charge >= 0.3 is 0 Å². The van der Waals surface area contributed by atoms with Crippen molar-refractivity contribution in [3.63, 3.8) is 0 Å². The number of amides is 1. The number of aromatic nitrogens is 2. The van der Waals surface area contributed by atoms with Crippen molar-refractivity contribution < 1.29 is 17.6 Å². The van der Waals surface area contributed by atoms with Gasteiger partial charge in [0.1, 0.15) is 5.82 Å². The van der Waals surface area contributed by atoms with Gasteiger partial charge in [-0.25, -0.2) is 17.8 Å². The molecule has 0 unspecified atom stereocenters. The third kappa shape index (κ3) is 5.57. The van der Waals surface area contributed by atoms with Crippen LogP contribution in [0.1, 0.15) is 12.5 Å². The molecule has 1 N–H and O–H groups in total. The van der Waals surface area contributed by atoms with E-state index in [9.17, 15) is 22.4 Å². The summed E-state index contributed by atoms with van der Waals surface area (Å²) in [5.74, 6) is -0.396. The summed E-state index contributed by atoms with van der Waals surface area (Å²) in [5, 5.41) is 0.161. The van der Waals surface area contributed by atoms with Crippen LogP contribution in [0.3, 0.4) is 0 Å². The van der Waals surface area contributed by atoms with Gasteiger partial charge in [-0.15, -0.1) is 0 Å². The molecule has 1 aliphatic rings. The second kappa shape index (κ2) is 10.6. The van der Waals surface area contributed by atoms with E-state index in [1.807, 2.05) is 11.8 Å². The third-order valence-corrected chi connectivity index (χ3v) is 8.47. The maximum atomic E-state index is 14.0. The largest absolute Gasteiger partial charge is 0.366 e. The van der Waals surface area contributed by atoms with Crippen molar-refractivity contribution >= 4 is 33.2 Å². The van der Waals surface area contributed by atoms with Crippen molar-refractivity contribution in [1.29, 1.82) is 0 Å². The molecule has 1 aliphatic heterocycles. The number of halogens is 1. The van der Waals surface area contributed by atoms with Crippen molar-refractivity contribution in [1.82, 2.24) is 14.9 Å². The molecule has 35 heavy (non-hydrogen) atoms. The first-order chi connectivity index (χ1) is 16.8. The van der Waals surface area contributed by atoms with Crippen LogP contribution in [0, 0.1) is 5.82 Å². The van der Waals surface area contributed by atoms with E-state index >= 15 is 0 Å². The van der Waals surface area contributed by atoms with Gasteiger partial charge in [-0.1, -0.05) is 43.0 Å². The zero-order chi connectivity index (χ0) is 25.0. The molecule has 1 saturated heterocycles. The Morgan fingerprint density at radius 2 is 1.77 bits per heavy atom. The Morgan fingerprint density at radius 1 is 1.09 bits per heavy atom. The molecule has 0 saturated carbocycles. The van der Waals surface area contributed by atoms with Crippen LogP contribution < -0.4 is 10.5 Å². The number of para-hydroxylation sites is 1. The Hall–Kier alpha value is -3.18. The number of H-pyrrole nitrogens is 1. The van der Waals surface area contributed by atoms with E-state index in [0.29, 0.717) is 31.9 Å². The maximum Gasteiger partial charge on any atom is 0.270 e. The van der Waals surface area contributed by atoms with Gasteiger partial charge < -0.3 is 14.8 Å². The number of nitrogens with one attached hydrogen (secondary N) is 1. The van der Waals surface area contributed by atoms with E-state index in [1.165, 1.54) is 18.2 Å². The Morgan fingerprint density at radius 3 is 2.40 bits per heavy atom. The van der Waals surface area contributed by atoms with Gasteiger partial charge in [0.2, 0.25) is 15.7 Å². The van der Waals surface area contributed by atoms with Gasteiger partial charge in [0, 0.05) is 26.2 Å². The number of carbonyl (C=O) groups is 1. The first kappa shape index (κ1) is 24.9. The number of hydrogen-bond donors (Lipinski definition) is 1.